The van der Waals surface area contributed by atoms with Crippen LogP contribution in [0.2, 0.25) is 5.02 Å². The maximum Gasteiger partial charge on any atom is 0.302 e. The number of aromatic nitrogens is 2. The molecule has 0 N–H and O–H groups in total. The Bertz CT molecular complexity index is 1150. The molecule has 0 amide bonds. The zero-order valence-electron chi connectivity index (χ0n) is 17.1. The van der Waals surface area contributed by atoms with Gasteiger partial charge in [0.05, 0.1) is 11.0 Å². The summed E-state index contributed by atoms with van der Waals surface area (Å²) in [6.45, 7) is 4.45. The van der Waals surface area contributed by atoms with Crippen LogP contribution >= 0.6 is 11.6 Å². The van der Waals surface area contributed by atoms with Gasteiger partial charge in [-0.25, -0.2) is 0 Å². The van der Waals surface area contributed by atoms with E-state index in [0.717, 1.165) is 36.3 Å². The number of hydrogen-bond donors (Lipinski definition) is 0. The molecule has 0 bridgehead atoms. The number of benzene rings is 3. The minimum atomic E-state index is 0.640. The molecule has 1 fully saturated rings. The molecule has 4 nitrogen and oxygen atoms in total. The second-order valence-electron chi connectivity index (χ2n) is 8.05. The predicted octanol–water partition coefficient (Wildman–Crippen LogP) is 6.51. The molecule has 1 saturated heterocycles. The Labute approximate surface area is 182 Å². The van der Waals surface area contributed by atoms with Crippen molar-refractivity contribution >= 4 is 33.4 Å². The minimum Gasteiger partial charge on any atom is -0.425 e. The van der Waals surface area contributed by atoms with E-state index in [1.165, 1.54) is 43.1 Å². The summed E-state index contributed by atoms with van der Waals surface area (Å²) in [5.41, 5.74) is 2.09. The second kappa shape index (κ2) is 8.66. The molecule has 1 aromatic heterocycles. The molecule has 0 aliphatic carbocycles. The number of piperidine rings is 1. The molecule has 0 radical (unpaired) electrons. The van der Waals surface area contributed by atoms with Crippen LogP contribution in [-0.4, -0.2) is 34.1 Å². The molecule has 154 valence electrons. The molecule has 5 heteroatoms. The first-order chi connectivity index (χ1) is 14.8. The lowest BCUT2D eigenvalue weighted by atomic mass is 10.1. The van der Waals surface area contributed by atoms with Crippen LogP contribution in [0.3, 0.4) is 0 Å². The van der Waals surface area contributed by atoms with Gasteiger partial charge in [-0.3, -0.25) is 4.57 Å². The minimum absolute atomic E-state index is 0.640. The van der Waals surface area contributed by atoms with Gasteiger partial charge in [-0.1, -0.05) is 42.3 Å². The number of ether oxygens (including phenoxy) is 1. The number of rotatable bonds is 6. The van der Waals surface area contributed by atoms with Crippen molar-refractivity contribution in [2.75, 3.05) is 19.6 Å². The topological polar surface area (TPSA) is 30.3 Å². The molecular weight excluding hydrogens is 394 g/mol. The van der Waals surface area contributed by atoms with Gasteiger partial charge >= 0.3 is 6.01 Å². The Morgan fingerprint density at radius 2 is 1.60 bits per heavy atom. The van der Waals surface area contributed by atoms with Crippen LogP contribution in [0, 0.1) is 0 Å². The highest BCUT2D eigenvalue weighted by Crippen LogP contribution is 2.30. The Morgan fingerprint density at radius 3 is 2.37 bits per heavy atom. The van der Waals surface area contributed by atoms with Gasteiger partial charge in [0.15, 0.2) is 0 Å². The first-order valence-electron chi connectivity index (χ1n) is 10.8. The fraction of sp³-hybridized carbons (Fsp3) is 0.320. The standard InChI is InChI=1S/C25H26ClN3O/c26-21-9-11-22(12-10-21)30-25-27-23-17-19-7-2-3-8-20(19)18-24(23)29(25)16-6-15-28-13-4-1-5-14-28/h2-3,7-12,17-18H,1,4-6,13-16H2. The maximum atomic E-state index is 6.20. The molecule has 0 saturated carbocycles. The van der Waals surface area contributed by atoms with Crippen LogP contribution in [0.5, 0.6) is 11.8 Å². The van der Waals surface area contributed by atoms with Crippen LogP contribution in [0.4, 0.5) is 0 Å². The van der Waals surface area contributed by atoms with Crippen molar-refractivity contribution in [2.24, 2.45) is 0 Å². The van der Waals surface area contributed by atoms with Crippen molar-refractivity contribution in [1.82, 2.24) is 14.5 Å². The van der Waals surface area contributed by atoms with Gasteiger partial charge in [0.25, 0.3) is 0 Å². The molecule has 30 heavy (non-hydrogen) atoms. The number of aryl methyl sites for hydroxylation is 1. The highest BCUT2D eigenvalue weighted by Gasteiger charge is 2.15. The summed E-state index contributed by atoms with van der Waals surface area (Å²) < 4.78 is 8.42. The number of likely N-dealkylation sites (tertiary alicyclic amines) is 1. The molecule has 0 unspecified atom stereocenters. The lowest BCUT2D eigenvalue weighted by Gasteiger charge is -2.26. The van der Waals surface area contributed by atoms with Gasteiger partial charge in [0.2, 0.25) is 0 Å². The van der Waals surface area contributed by atoms with Crippen molar-refractivity contribution in [1.29, 1.82) is 0 Å². The molecule has 4 aromatic rings. The monoisotopic (exact) mass is 419 g/mol. The third kappa shape index (κ3) is 4.16. The van der Waals surface area contributed by atoms with E-state index in [2.05, 4.69) is 45.9 Å². The average molecular weight is 420 g/mol. The summed E-state index contributed by atoms with van der Waals surface area (Å²) in [6, 6.07) is 20.9. The van der Waals surface area contributed by atoms with Crippen LogP contribution in [0.25, 0.3) is 21.8 Å². The molecular formula is C25H26ClN3O. The van der Waals surface area contributed by atoms with Crippen LogP contribution in [0.1, 0.15) is 25.7 Å². The molecule has 1 aliphatic rings. The number of imidazole rings is 1. The Balaban J connectivity index is 1.46. The van der Waals surface area contributed by atoms with E-state index in [9.17, 15) is 0 Å². The van der Waals surface area contributed by atoms with Gasteiger partial charge in [0.1, 0.15) is 5.75 Å². The molecule has 1 aliphatic heterocycles. The number of hydrogen-bond acceptors (Lipinski definition) is 3. The van der Waals surface area contributed by atoms with Gasteiger partial charge in [-0.15, -0.1) is 0 Å². The van der Waals surface area contributed by atoms with Gasteiger partial charge < -0.3 is 9.64 Å². The summed E-state index contributed by atoms with van der Waals surface area (Å²) in [7, 11) is 0. The predicted molar refractivity (Wildman–Crippen MR) is 124 cm³/mol. The van der Waals surface area contributed by atoms with E-state index >= 15 is 0 Å². The summed E-state index contributed by atoms with van der Waals surface area (Å²) in [5, 5.41) is 3.12. The Kier molecular flexibility index (Phi) is 5.60. The van der Waals surface area contributed by atoms with Gasteiger partial charge in [-0.2, -0.15) is 4.98 Å². The molecule has 0 atom stereocenters. The Hall–Kier alpha value is -2.56. The fourth-order valence-electron chi connectivity index (χ4n) is 4.33. The summed E-state index contributed by atoms with van der Waals surface area (Å²) in [4.78, 5) is 7.42. The smallest absolute Gasteiger partial charge is 0.302 e. The van der Waals surface area contributed by atoms with Gasteiger partial charge in [0, 0.05) is 11.6 Å². The quantitative estimate of drug-likeness (QED) is 0.356. The number of nitrogens with zero attached hydrogens (tertiary/aromatic N) is 3. The van der Waals surface area contributed by atoms with E-state index in [1.807, 2.05) is 24.3 Å². The molecule has 5 rings (SSSR count). The van der Waals surface area contributed by atoms with Crippen LogP contribution < -0.4 is 4.74 Å². The molecule has 3 aromatic carbocycles. The average Bonchev–Trinajstić information content (AvgIpc) is 3.10. The van der Waals surface area contributed by atoms with Crippen molar-refractivity contribution < 1.29 is 4.74 Å². The summed E-state index contributed by atoms with van der Waals surface area (Å²) >= 11 is 6.03. The number of halogens is 1. The molecule has 2 heterocycles. The highest BCUT2D eigenvalue weighted by atomic mass is 35.5. The normalized spacial score (nSPS) is 15.1. The summed E-state index contributed by atoms with van der Waals surface area (Å²) in [6.07, 6.45) is 5.10. The van der Waals surface area contributed by atoms with Crippen LogP contribution in [-0.2, 0) is 6.54 Å². The maximum absolute atomic E-state index is 6.20. The van der Waals surface area contributed by atoms with E-state index in [0.29, 0.717) is 11.0 Å². The Morgan fingerprint density at radius 1 is 0.867 bits per heavy atom. The van der Waals surface area contributed by atoms with Crippen molar-refractivity contribution in [3.8, 4) is 11.8 Å². The van der Waals surface area contributed by atoms with E-state index < -0.39 is 0 Å². The lowest BCUT2D eigenvalue weighted by molar-refractivity contribution is 0.222. The highest BCUT2D eigenvalue weighted by molar-refractivity contribution is 6.30. The molecule has 0 spiro atoms. The van der Waals surface area contributed by atoms with E-state index in [1.54, 1.807) is 0 Å². The zero-order valence-corrected chi connectivity index (χ0v) is 17.8. The van der Waals surface area contributed by atoms with Crippen molar-refractivity contribution in [3.05, 3.63) is 65.7 Å². The SMILES string of the molecule is Clc1ccc(Oc2nc3cc4ccccc4cc3n2CCCN2CCCCC2)cc1. The third-order valence-electron chi connectivity index (χ3n) is 5.91. The third-order valence-corrected chi connectivity index (χ3v) is 6.16. The fourth-order valence-corrected chi connectivity index (χ4v) is 4.45. The second-order valence-corrected chi connectivity index (χ2v) is 8.48. The first-order valence-corrected chi connectivity index (χ1v) is 11.2. The van der Waals surface area contributed by atoms with E-state index in [4.69, 9.17) is 21.3 Å². The van der Waals surface area contributed by atoms with Crippen molar-refractivity contribution in [3.63, 3.8) is 0 Å². The zero-order chi connectivity index (χ0) is 20.3. The first kappa shape index (κ1) is 19.4. The summed E-state index contributed by atoms with van der Waals surface area (Å²) in [5.74, 6) is 0.747. The van der Waals surface area contributed by atoms with Crippen molar-refractivity contribution in [2.45, 2.75) is 32.2 Å². The number of fused-ring (bicyclic) bond motifs is 2. The van der Waals surface area contributed by atoms with Crippen LogP contribution in [0.15, 0.2) is 60.7 Å². The van der Waals surface area contributed by atoms with E-state index in [-0.39, 0.29) is 0 Å². The van der Waals surface area contributed by atoms with Gasteiger partial charge in [-0.05, 0) is 86.1 Å². The lowest BCUT2D eigenvalue weighted by Crippen LogP contribution is -2.31. The largest absolute Gasteiger partial charge is 0.425 e.